The molecule has 1 N–H and O–H groups in total. The molecule has 0 atom stereocenters. The largest absolute Gasteiger partial charge is 0.375 e. The number of ether oxygens (including phenoxy) is 1. The van der Waals surface area contributed by atoms with Crippen LogP contribution < -0.4 is 10.2 Å². The maximum absolute atomic E-state index is 12.5. The minimum absolute atomic E-state index is 0.0450. The lowest BCUT2D eigenvalue weighted by Crippen LogP contribution is -2.46. The van der Waals surface area contributed by atoms with Crippen LogP contribution >= 0.6 is 0 Å². The van der Waals surface area contributed by atoms with Crippen LogP contribution in [-0.4, -0.2) is 63.2 Å². The van der Waals surface area contributed by atoms with Crippen LogP contribution in [0.25, 0.3) is 0 Å². The van der Waals surface area contributed by atoms with Crippen LogP contribution in [0.1, 0.15) is 30.1 Å². The van der Waals surface area contributed by atoms with Gasteiger partial charge in [-0.3, -0.25) is 9.59 Å². The Hall–Kier alpha value is -2.08. The van der Waals surface area contributed by atoms with Gasteiger partial charge in [0.1, 0.15) is 6.61 Å². The zero-order valence-electron chi connectivity index (χ0n) is 14.7. The number of amides is 2. The van der Waals surface area contributed by atoms with Crippen LogP contribution in [0.2, 0.25) is 0 Å². The van der Waals surface area contributed by atoms with E-state index >= 15 is 0 Å². The Morgan fingerprint density at radius 3 is 2.58 bits per heavy atom. The van der Waals surface area contributed by atoms with E-state index in [9.17, 15) is 9.59 Å². The third-order valence-corrected chi connectivity index (χ3v) is 4.43. The molecule has 1 heterocycles. The third-order valence-electron chi connectivity index (χ3n) is 4.43. The van der Waals surface area contributed by atoms with Crippen molar-refractivity contribution in [3.05, 3.63) is 29.8 Å². The Bertz CT molecular complexity index is 568. The summed E-state index contributed by atoms with van der Waals surface area (Å²) in [6, 6.07) is 7.92. The van der Waals surface area contributed by atoms with Crippen molar-refractivity contribution >= 4 is 17.5 Å². The average molecular weight is 333 g/mol. The summed E-state index contributed by atoms with van der Waals surface area (Å²) in [5.41, 5.74) is 1.72. The number of para-hydroxylation sites is 1. The number of hydrogen-bond donors (Lipinski definition) is 1. The molecule has 1 aromatic carbocycles. The lowest BCUT2D eigenvalue weighted by atomic mass is 10.0. The van der Waals surface area contributed by atoms with E-state index in [2.05, 4.69) is 10.2 Å². The lowest BCUT2D eigenvalue weighted by molar-refractivity contribution is -0.125. The Morgan fingerprint density at radius 1 is 1.29 bits per heavy atom. The van der Waals surface area contributed by atoms with E-state index in [0.717, 1.165) is 37.2 Å². The minimum Gasteiger partial charge on any atom is -0.375 e. The number of nitrogens with zero attached hydrogens (tertiary/aromatic N) is 2. The molecule has 132 valence electrons. The molecule has 0 bridgehead atoms. The molecule has 6 nitrogen and oxygen atoms in total. The van der Waals surface area contributed by atoms with Gasteiger partial charge >= 0.3 is 0 Å². The van der Waals surface area contributed by atoms with Gasteiger partial charge in [-0.15, -0.1) is 0 Å². The molecule has 0 radical (unpaired) electrons. The van der Waals surface area contributed by atoms with Gasteiger partial charge in [0.05, 0.1) is 5.56 Å². The summed E-state index contributed by atoms with van der Waals surface area (Å²) < 4.78 is 4.85. The van der Waals surface area contributed by atoms with E-state index in [4.69, 9.17) is 4.74 Å². The number of anilines is 1. The second kappa shape index (κ2) is 8.68. The van der Waals surface area contributed by atoms with Crippen molar-refractivity contribution in [2.24, 2.45) is 0 Å². The van der Waals surface area contributed by atoms with Crippen LogP contribution in [-0.2, 0) is 9.53 Å². The SMILES string of the molecule is CCN(C)C(=O)c1ccccc1N1CCC(NC(=O)COC)CC1. The molecule has 24 heavy (non-hydrogen) atoms. The molecule has 2 amide bonds. The van der Waals surface area contributed by atoms with Crippen molar-refractivity contribution in [1.82, 2.24) is 10.2 Å². The zero-order valence-corrected chi connectivity index (χ0v) is 14.7. The summed E-state index contributed by atoms with van der Waals surface area (Å²) in [6.07, 6.45) is 1.73. The highest BCUT2D eigenvalue weighted by Crippen LogP contribution is 2.25. The normalized spacial score (nSPS) is 15.2. The fraction of sp³-hybridized carbons (Fsp3) is 0.556. The van der Waals surface area contributed by atoms with Gasteiger partial charge < -0.3 is 19.9 Å². The number of nitrogens with one attached hydrogen (secondary N) is 1. The number of hydrogen-bond acceptors (Lipinski definition) is 4. The Labute approximate surface area is 143 Å². The van der Waals surface area contributed by atoms with Crippen LogP contribution in [0.3, 0.4) is 0 Å². The molecule has 0 saturated carbocycles. The highest BCUT2D eigenvalue weighted by Gasteiger charge is 2.24. The summed E-state index contributed by atoms with van der Waals surface area (Å²) in [6.45, 7) is 4.38. The number of benzene rings is 1. The summed E-state index contributed by atoms with van der Waals surface area (Å²) in [5, 5.41) is 2.99. The van der Waals surface area contributed by atoms with Crippen molar-refractivity contribution in [1.29, 1.82) is 0 Å². The average Bonchev–Trinajstić information content (AvgIpc) is 2.61. The number of carbonyl (C=O) groups is 2. The van der Waals surface area contributed by atoms with E-state index in [0.29, 0.717) is 6.54 Å². The van der Waals surface area contributed by atoms with Crippen molar-refractivity contribution in [3.63, 3.8) is 0 Å². The minimum atomic E-state index is -0.0731. The van der Waals surface area contributed by atoms with Crippen LogP contribution in [0.4, 0.5) is 5.69 Å². The standard InChI is InChI=1S/C18H27N3O3/c1-4-20(2)18(23)15-7-5-6-8-16(15)21-11-9-14(10-12-21)19-17(22)13-24-3/h5-8,14H,4,9-13H2,1-3H3,(H,19,22). The van der Waals surface area contributed by atoms with Crippen molar-refractivity contribution < 1.29 is 14.3 Å². The van der Waals surface area contributed by atoms with Crippen molar-refractivity contribution in [2.75, 3.05) is 45.3 Å². The smallest absolute Gasteiger partial charge is 0.255 e. The molecule has 0 unspecified atom stereocenters. The Balaban J connectivity index is 2.02. The molecule has 0 aliphatic carbocycles. The van der Waals surface area contributed by atoms with E-state index < -0.39 is 0 Å². The maximum atomic E-state index is 12.5. The molecular weight excluding hydrogens is 306 g/mol. The summed E-state index contributed by atoms with van der Waals surface area (Å²) in [7, 11) is 3.33. The fourth-order valence-corrected chi connectivity index (χ4v) is 2.94. The predicted octanol–water partition coefficient (Wildman–Crippen LogP) is 1.51. The first-order valence-electron chi connectivity index (χ1n) is 8.44. The number of rotatable bonds is 6. The number of methoxy groups -OCH3 is 1. The first-order valence-corrected chi connectivity index (χ1v) is 8.44. The van der Waals surface area contributed by atoms with Gasteiger partial charge in [0, 0.05) is 45.5 Å². The van der Waals surface area contributed by atoms with Crippen molar-refractivity contribution in [3.8, 4) is 0 Å². The molecule has 1 aliphatic heterocycles. The van der Waals surface area contributed by atoms with E-state index in [-0.39, 0.29) is 24.5 Å². The Morgan fingerprint density at radius 2 is 1.96 bits per heavy atom. The second-order valence-electron chi connectivity index (χ2n) is 6.10. The number of piperidine rings is 1. The zero-order chi connectivity index (χ0) is 17.5. The van der Waals surface area contributed by atoms with Crippen molar-refractivity contribution in [2.45, 2.75) is 25.8 Å². The molecule has 0 spiro atoms. The van der Waals surface area contributed by atoms with E-state index in [1.807, 2.05) is 38.2 Å². The topological polar surface area (TPSA) is 61.9 Å². The highest BCUT2D eigenvalue weighted by molar-refractivity contribution is 5.99. The fourth-order valence-electron chi connectivity index (χ4n) is 2.94. The molecule has 1 saturated heterocycles. The Kier molecular flexibility index (Phi) is 6.61. The summed E-state index contributed by atoms with van der Waals surface area (Å²) >= 11 is 0. The molecule has 1 aromatic rings. The molecule has 6 heteroatoms. The quantitative estimate of drug-likeness (QED) is 0.857. The van der Waals surface area contributed by atoms with E-state index in [1.165, 1.54) is 7.11 Å². The predicted molar refractivity (Wildman–Crippen MR) is 94.3 cm³/mol. The third kappa shape index (κ3) is 4.47. The summed E-state index contributed by atoms with van der Waals surface area (Å²) in [5.74, 6) is -0.0280. The van der Waals surface area contributed by atoms with Gasteiger partial charge in [-0.1, -0.05) is 12.1 Å². The van der Waals surface area contributed by atoms with Gasteiger partial charge in [0.25, 0.3) is 5.91 Å². The first-order chi connectivity index (χ1) is 11.6. The van der Waals surface area contributed by atoms with Crippen LogP contribution in [0.5, 0.6) is 0 Å². The van der Waals surface area contributed by atoms with Gasteiger partial charge in [-0.25, -0.2) is 0 Å². The molecular formula is C18H27N3O3. The van der Waals surface area contributed by atoms with Gasteiger partial charge in [0.15, 0.2) is 0 Å². The number of carbonyl (C=O) groups excluding carboxylic acids is 2. The lowest BCUT2D eigenvalue weighted by Gasteiger charge is -2.35. The van der Waals surface area contributed by atoms with Gasteiger partial charge in [0.2, 0.25) is 5.91 Å². The monoisotopic (exact) mass is 333 g/mol. The first kappa shape index (κ1) is 18.3. The molecule has 2 rings (SSSR count). The molecule has 0 aromatic heterocycles. The highest BCUT2D eigenvalue weighted by atomic mass is 16.5. The van der Waals surface area contributed by atoms with Crippen LogP contribution in [0.15, 0.2) is 24.3 Å². The second-order valence-corrected chi connectivity index (χ2v) is 6.10. The maximum Gasteiger partial charge on any atom is 0.255 e. The van der Waals surface area contributed by atoms with Crippen LogP contribution in [0, 0.1) is 0 Å². The molecule has 1 fully saturated rings. The summed E-state index contributed by atoms with van der Waals surface area (Å²) in [4.78, 5) is 28.1. The van der Waals surface area contributed by atoms with Gasteiger partial charge in [-0.2, -0.15) is 0 Å². The van der Waals surface area contributed by atoms with Gasteiger partial charge in [-0.05, 0) is 31.9 Å². The van der Waals surface area contributed by atoms with E-state index in [1.54, 1.807) is 4.90 Å². The molecule has 1 aliphatic rings.